The van der Waals surface area contributed by atoms with E-state index in [2.05, 4.69) is 26.1 Å². The van der Waals surface area contributed by atoms with Gasteiger partial charge in [-0.1, -0.05) is 29.2 Å². The predicted octanol–water partition coefficient (Wildman–Crippen LogP) is 2.74. The van der Waals surface area contributed by atoms with Crippen LogP contribution in [-0.2, 0) is 0 Å². The van der Waals surface area contributed by atoms with Gasteiger partial charge in [-0.15, -0.1) is 10.2 Å². The maximum absolute atomic E-state index is 7.33. The van der Waals surface area contributed by atoms with E-state index in [-0.39, 0.29) is 5.84 Å². The highest BCUT2D eigenvalue weighted by atomic mass is 79.9. The first kappa shape index (κ1) is 11.6. The molecule has 1 heterocycles. The number of rotatable bonds is 3. The third-order valence-corrected chi connectivity index (χ3v) is 4.55. The van der Waals surface area contributed by atoms with Gasteiger partial charge in [-0.2, -0.15) is 0 Å². The summed E-state index contributed by atoms with van der Waals surface area (Å²) in [5.74, 6) is 0.0631. The van der Waals surface area contributed by atoms with Crippen LogP contribution in [0.5, 0.6) is 0 Å². The molecule has 0 saturated carbocycles. The van der Waals surface area contributed by atoms with Crippen LogP contribution in [0.15, 0.2) is 37.4 Å². The zero-order valence-corrected chi connectivity index (χ0v) is 11.2. The van der Waals surface area contributed by atoms with Crippen LogP contribution in [-0.4, -0.2) is 16.0 Å². The highest BCUT2D eigenvalue weighted by Gasteiger charge is 2.07. The van der Waals surface area contributed by atoms with Gasteiger partial charge in [0.25, 0.3) is 0 Å². The largest absolute Gasteiger partial charge is 0.384 e. The molecule has 0 atom stereocenters. The number of aromatic nitrogens is 2. The minimum absolute atomic E-state index is 0.0631. The summed E-state index contributed by atoms with van der Waals surface area (Å²) in [6, 6.07) is 5.55. The number of nitrogens with zero attached hydrogens (tertiary/aromatic N) is 2. The first-order valence-electron chi connectivity index (χ1n) is 4.25. The maximum Gasteiger partial charge on any atom is 0.178 e. The van der Waals surface area contributed by atoms with Crippen molar-refractivity contribution in [3.63, 3.8) is 0 Å². The molecule has 2 aromatic rings. The Morgan fingerprint density at radius 2 is 2.31 bits per heavy atom. The summed E-state index contributed by atoms with van der Waals surface area (Å²) in [5, 5.41) is 15.1. The van der Waals surface area contributed by atoms with Gasteiger partial charge in [0.2, 0.25) is 0 Å². The zero-order chi connectivity index (χ0) is 11.5. The highest BCUT2D eigenvalue weighted by molar-refractivity contribution is 9.10. The van der Waals surface area contributed by atoms with Crippen molar-refractivity contribution in [2.24, 2.45) is 5.73 Å². The van der Waals surface area contributed by atoms with E-state index < -0.39 is 0 Å². The molecule has 0 aliphatic heterocycles. The number of nitrogens with two attached hydrogens (primary N) is 1. The Labute approximate surface area is 109 Å². The second-order valence-corrected chi connectivity index (χ2v) is 5.84. The monoisotopic (exact) mass is 314 g/mol. The number of nitrogens with one attached hydrogen (secondary N) is 1. The Morgan fingerprint density at radius 3 is 2.88 bits per heavy atom. The molecule has 0 fully saturated rings. The van der Waals surface area contributed by atoms with E-state index in [0.29, 0.717) is 5.56 Å². The minimum atomic E-state index is 0.0631. The van der Waals surface area contributed by atoms with E-state index in [4.69, 9.17) is 11.1 Å². The van der Waals surface area contributed by atoms with Crippen molar-refractivity contribution in [1.29, 1.82) is 5.41 Å². The van der Waals surface area contributed by atoms with Gasteiger partial charge >= 0.3 is 0 Å². The zero-order valence-electron chi connectivity index (χ0n) is 7.98. The molecule has 3 N–H and O–H groups in total. The lowest BCUT2D eigenvalue weighted by molar-refractivity contribution is 1.01. The molecular formula is C9H7BrN4S2. The number of halogens is 1. The minimum Gasteiger partial charge on any atom is -0.384 e. The maximum atomic E-state index is 7.33. The van der Waals surface area contributed by atoms with Crippen molar-refractivity contribution in [2.75, 3.05) is 0 Å². The number of hydrogen-bond acceptors (Lipinski definition) is 5. The van der Waals surface area contributed by atoms with Crippen molar-refractivity contribution >= 4 is 44.9 Å². The summed E-state index contributed by atoms with van der Waals surface area (Å²) in [4.78, 5) is 1.03. The third-order valence-electron chi connectivity index (χ3n) is 1.78. The quantitative estimate of drug-likeness (QED) is 0.674. The average Bonchev–Trinajstić information content (AvgIpc) is 2.73. The Kier molecular flexibility index (Phi) is 3.57. The van der Waals surface area contributed by atoms with Crippen molar-refractivity contribution in [3.05, 3.63) is 33.7 Å². The molecule has 82 valence electrons. The summed E-state index contributed by atoms with van der Waals surface area (Å²) in [5.41, 5.74) is 7.80. The highest BCUT2D eigenvalue weighted by Crippen LogP contribution is 2.34. The third kappa shape index (κ3) is 2.60. The van der Waals surface area contributed by atoms with E-state index in [1.807, 2.05) is 18.2 Å². The molecule has 1 aromatic heterocycles. The van der Waals surface area contributed by atoms with Crippen molar-refractivity contribution in [2.45, 2.75) is 9.24 Å². The molecule has 0 saturated heterocycles. The number of benzene rings is 1. The van der Waals surface area contributed by atoms with Crippen LogP contribution in [0, 0.1) is 5.41 Å². The molecule has 0 radical (unpaired) electrons. The first-order chi connectivity index (χ1) is 7.66. The molecule has 0 aliphatic rings. The SMILES string of the molecule is N=C(N)c1ccc(Sc2nncs2)c(Br)c1. The molecule has 2 rings (SSSR count). The number of amidine groups is 1. The number of nitrogen functional groups attached to an aromatic ring is 1. The van der Waals surface area contributed by atoms with Gasteiger partial charge in [-0.25, -0.2) is 0 Å². The van der Waals surface area contributed by atoms with E-state index in [0.717, 1.165) is 13.7 Å². The van der Waals surface area contributed by atoms with E-state index >= 15 is 0 Å². The standard InChI is InChI=1S/C9H7BrN4S2/c10-6-3-5(8(11)12)1-2-7(6)16-9-14-13-4-15-9/h1-4H,(H3,11,12). The van der Waals surface area contributed by atoms with Crippen LogP contribution >= 0.6 is 39.0 Å². The summed E-state index contributed by atoms with van der Waals surface area (Å²) >= 11 is 6.46. The predicted molar refractivity (Wildman–Crippen MR) is 69.2 cm³/mol. The second kappa shape index (κ2) is 4.94. The van der Waals surface area contributed by atoms with Crippen molar-refractivity contribution in [3.8, 4) is 0 Å². The molecule has 16 heavy (non-hydrogen) atoms. The lowest BCUT2D eigenvalue weighted by atomic mass is 10.2. The topological polar surface area (TPSA) is 75.7 Å². The molecule has 7 heteroatoms. The van der Waals surface area contributed by atoms with Crippen LogP contribution < -0.4 is 5.73 Å². The first-order valence-corrected chi connectivity index (χ1v) is 6.73. The van der Waals surface area contributed by atoms with Gasteiger partial charge in [0.05, 0.1) is 0 Å². The van der Waals surface area contributed by atoms with Gasteiger partial charge < -0.3 is 5.73 Å². The smallest absolute Gasteiger partial charge is 0.178 e. The van der Waals surface area contributed by atoms with Crippen molar-refractivity contribution < 1.29 is 0 Å². The number of hydrogen-bond donors (Lipinski definition) is 2. The summed E-state index contributed by atoms with van der Waals surface area (Å²) < 4.78 is 1.79. The molecule has 0 amide bonds. The van der Waals surface area contributed by atoms with Crippen LogP contribution in [0.4, 0.5) is 0 Å². The fraction of sp³-hybridized carbons (Fsp3) is 0. The van der Waals surface area contributed by atoms with Crippen molar-refractivity contribution in [1.82, 2.24) is 10.2 Å². The van der Waals surface area contributed by atoms with E-state index in [9.17, 15) is 0 Å². The van der Waals surface area contributed by atoms with E-state index in [1.54, 1.807) is 5.51 Å². The van der Waals surface area contributed by atoms with Gasteiger partial charge in [-0.3, -0.25) is 5.41 Å². The Balaban J connectivity index is 2.26. The van der Waals surface area contributed by atoms with Gasteiger partial charge in [0.15, 0.2) is 4.34 Å². The van der Waals surface area contributed by atoms with Gasteiger partial charge in [0, 0.05) is 14.9 Å². The molecule has 0 spiro atoms. The van der Waals surface area contributed by atoms with Crippen LogP contribution in [0.3, 0.4) is 0 Å². The molecule has 0 bridgehead atoms. The average molecular weight is 315 g/mol. The molecule has 0 aliphatic carbocycles. The van der Waals surface area contributed by atoms with Crippen LogP contribution in [0.25, 0.3) is 0 Å². The fourth-order valence-electron chi connectivity index (χ4n) is 1.05. The van der Waals surface area contributed by atoms with Gasteiger partial charge in [-0.05, 0) is 28.1 Å². The van der Waals surface area contributed by atoms with Crippen LogP contribution in [0.2, 0.25) is 0 Å². The van der Waals surface area contributed by atoms with Gasteiger partial charge in [0.1, 0.15) is 11.3 Å². The molecular weight excluding hydrogens is 308 g/mol. The fourth-order valence-corrected chi connectivity index (χ4v) is 3.11. The second-order valence-electron chi connectivity index (χ2n) is 2.87. The Morgan fingerprint density at radius 1 is 1.50 bits per heavy atom. The summed E-state index contributed by atoms with van der Waals surface area (Å²) in [7, 11) is 0. The summed E-state index contributed by atoms with van der Waals surface area (Å²) in [6.07, 6.45) is 0. The molecule has 4 nitrogen and oxygen atoms in total. The van der Waals surface area contributed by atoms with Crippen LogP contribution in [0.1, 0.15) is 5.56 Å². The lowest BCUT2D eigenvalue weighted by Crippen LogP contribution is -2.10. The Bertz CT molecular complexity index is 512. The summed E-state index contributed by atoms with van der Waals surface area (Å²) in [6.45, 7) is 0. The molecule has 1 aromatic carbocycles. The lowest BCUT2D eigenvalue weighted by Gasteiger charge is -2.04. The molecule has 0 unspecified atom stereocenters. The Hall–Kier alpha value is -0.920. The normalized spacial score (nSPS) is 10.3. The van der Waals surface area contributed by atoms with E-state index in [1.165, 1.54) is 23.1 Å².